The van der Waals surface area contributed by atoms with Gasteiger partial charge in [-0.05, 0) is 62.2 Å². The van der Waals surface area contributed by atoms with E-state index < -0.39 is 0 Å². The molecule has 1 saturated heterocycles. The van der Waals surface area contributed by atoms with E-state index in [1.807, 2.05) is 11.3 Å². The maximum Gasteiger partial charge on any atom is 0.223 e. The number of nitrogens with zero attached hydrogens (tertiary/aromatic N) is 1. The Morgan fingerprint density at radius 1 is 1.45 bits per heavy atom. The van der Waals surface area contributed by atoms with Crippen molar-refractivity contribution in [1.29, 1.82) is 0 Å². The Bertz CT molecular complexity index is 456. The zero-order valence-corrected chi connectivity index (χ0v) is 13.6. The number of thiophene rings is 1. The van der Waals surface area contributed by atoms with Gasteiger partial charge >= 0.3 is 0 Å². The fourth-order valence-corrected chi connectivity index (χ4v) is 4.26. The summed E-state index contributed by atoms with van der Waals surface area (Å²) in [6.07, 6.45) is 4.08. The van der Waals surface area contributed by atoms with E-state index in [1.165, 1.54) is 10.4 Å². The van der Waals surface area contributed by atoms with Crippen LogP contribution in [0.4, 0.5) is 0 Å². The van der Waals surface area contributed by atoms with E-state index in [4.69, 9.17) is 0 Å². The molecule has 0 radical (unpaired) electrons. The van der Waals surface area contributed by atoms with Gasteiger partial charge in [-0.3, -0.25) is 4.79 Å². The summed E-state index contributed by atoms with van der Waals surface area (Å²) >= 11 is 1.83. The quantitative estimate of drug-likeness (QED) is 0.910. The van der Waals surface area contributed by atoms with Gasteiger partial charge in [-0.1, -0.05) is 0 Å². The zero-order valence-electron chi connectivity index (χ0n) is 11.9. The molecule has 3 nitrogen and oxygen atoms in total. The summed E-state index contributed by atoms with van der Waals surface area (Å²) < 4.78 is 0. The highest BCUT2D eigenvalue weighted by Gasteiger charge is 2.29. The summed E-state index contributed by atoms with van der Waals surface area (Å²) in [5.41, 5.74) is 1.37. The lowest BCUT2D eigenvalue weighted by Gasteiger charge is -2.35. The number of piperidine rings is 1. The van der Waals surface area contributed by atoms with Crippen LogP contribution in [0.1, 0.15) is 42.7 Å². The minimum Gasteiger partial charge on any atom is -0.336 e. The molecule has 1 amide bonds. The number of fused-ring (bicyclic) bond motifs is 1. The first kappa shape index (κ1) is 15.8. The van der Waals surface area contributed by atoms with Crippen LogP contribution in [0.15, 0.2) is 11.4 Å². The molecule has 2 aliphatic rings. The van der Waals surface area contributed by atoms with Crippen molar-refractivity contribution in [1.82, 2.24) is 10.2 Å². The Morgan fingerprint density at radius 3 is 2.95 bits per heavy atom. The Labute approximate surface area is 131 Å². The molecule has 1 unspecified atom stereocenters. The highest BCUT2D eigenvalue weighted by Crippen LogP contribution is 2.33. The topological polar surface area (TPSA) is 32.3 Å². The van der Waals surface area contributed by atoms with Gasteiger partial charge in [-0.15, -0.1) is 23.7 Å². The van der Waals surface area contributed by atoms with Gasteiger partial charge in [0.2, 0.25) is 5.91 Å². The average Bonchev–Trinajstić information content (AvgIpc) is 2.89. The third-order valence-electron chi connectivity index (χ3n) is 4.52. The molecule has 1 fully saturated rings. The second kappa shape index (κ2) is 6.92. The van der Waals surface area contributed by atoms with Gasteiger partial charge < -0.3 is 10.2 Å². The summed E-state index contributed by atoms with van der Waals surface area (Å²) in [7, 11) is 0. The molecular formula is C15H23ClN2OS. The molecule has 0 bridgehead atoms. The molecule has 112 valence electrons. The van der Waals surface area contributed by atoms with Crippen molar-refractivity contribution in [2.45, 2.75) is 38.6 Å². The molecule has 3 rings (SSSR count). The maximum atomic E-state index is 12.5. The van der Waals surface area contributed by atoms with Crippen molar-refractivity contribution < 1.29 is 4.79 Å². The summed E-state index contributed by atoms with van der Waals surface area (Å²) in [6.45, 7) is 5.22. The third kappa shape index (κ3) is 3.18. The van der Waals surface area contributed by atoms with Crippen LogP contribution in [0, 0.1) is 5.92 Å². The molecule has 1 atom stereocenters. The predicted molar refractivity (Wildman–Crippen MR) is 85.6 cm³/mol. The Balaban J connectivity index is 0.00000147. The van der Waals surface area contributed by atoms with Crippen LogP contribution < -0.4 is 5.32 Å². The van der Waals surface area contributed by atoms with E-state index in [1.54, 1.807) is 0 Å². The Kier molecular flexibility index (Phi) is 5.47. The van der Waals surface area contributed by atoms with Crippen LogP contribution in [0.25, 0.3) is 0 Å². The molecule has 0 spiro atoms. The molecule has 0 aromatic carbocycles. The van der Waals surface area contributed by atoms with E-state index >= 15 is 0 Å². The molecule has 5 heteroatoms. The SMILES string of the molecule is CC1c2ccsc2CCN1C(=O)CC1CCNCC1.Cl. The number of nitrogens with one attached hydrogen (secondary N) is 1. The van der Waals surface area contributed by atoms with Crippen LogP contribution in [0.2, 0.25) is 0 Å². The smallest absolute Gasteiger partial charge is 0.223 e. The van der Waals surface area contributed by atoms with Gasteiger partial charge in [-0.2, -0.15) is 0 Å². The lowest BCUT2D eigenvalue weighted by Crippen LogP contribution is -2.40. The van der Waals surface area contributed by atoms with E-state index in [-0.39, 0.29) is 18.4 Å². The minimum atomic E-state index is 0. The van der Waals surface area contributed by atoms with Gasteiger partial charge in [0, 0.05) is 17.8 Å². The lowest BCUT2D eigenvalue weighted by atomic mass is 9.93. The van der Waals surface area contributed by atoms with E-state index in [0.29, 0.717) is 11.8 Å². The fraction of sp³-hybridized carbons (Fsp3) is 0.667. The van der Waals surface area contributed by atoms with Crippen molar-refractivity contribution >= 4 is 29.7 Å². The van der Waals surface area contributed by atoms with Crippen LogP contribution in [0.5, 0.6) is 0 Å². The first-order valence-electron chi connectivity index (χ1n) is 7.32. The van der Waals surface area contributed by atoms with Crippen LogP contribution in [-0.4, -0.2) is 30.4 Å². The predicted octanol–water partition coefficient (Wildman–Crippen LogP) is 3.01. The second-order valence-corrected chi connectivity index (χ2v) is 6.71. The standard InChI is InChI=1S/C15H22N2OS.ClH/c1-11-13-5-9-19-14(13)4-8-17(11)15(18)10-12-2-6-16-7-3-12;/h5,9,11-12,16H,2-4,6-8,10H2,1H3;1H. The summed E-state index contributed by atoms with van der Waals surface area (Å²) in [5.74, 6) is 0.945. The average molecular weight is 315 g/mol. The highest BCUT2D eigenvalue weighted by atomic mass is 35.5. The van der Waals surface area contributed by atoms with E-state index in [9.17, 15) is 4.79 Å². The molecule has 2 aliphatic heterocycles. The first-order valence-corrected chi connectivity index (χ1v) is 8.20. The van der Waals surface area contributed by atoms with Crippen molar-refractivity contribution in [2.75, 3.05) is 19.6 Å². The molecule has 1 N–H and O–H groups in total. The number of hydrogen-bond donors (Lipinski definition) is 1. The number of carbonyl (C=O) groups is 1. The largest absolute Gasteiger partial charge is 0.336 e. The van der Waals surface area contributed by atoms with Crippen molar-refractivity contribution in [3.05, 3.63) is 21.9 Å². The summed E-state index contributed by atoms with van der Waals surface area (Å²) in [4.78, 5) is 16.1. The normalized spacial score (nSPS) is 23.1. The third-order valence-corrected chi connectivity index (χ3v) is 5.52. The highest BCUT2D eigenvalue weighted by molar-refractivity contribution is 7.10. The number of carbonyl (C=O) groups excluding carboxylic acids is 1. The van der Waals surface area contributed by atoms with Crippen molar-refractivity contribution in [3.63, 3.8) is 0 Å². The number of rotatable bonds is 2. The van der Waals surface area contributed by atoms with Gasteiger partial charge in [0.1, 0.15) is 0 Å². The number of amides is 1. The van der Waals surface area contributed by atoms with Gasteiger partial charge in [0.05, 0.1) is 6.04 Å². The van der Waals surface area contributed by atoms with E-state index in [0.717, 1.165) is 45.3 Å². The Hall–Kier alpha value is -0.580. The minimum absolute atomic E-state index is 0. The molecular weight excluding hydrogens is 292 g/mol. The van der Waals surface area contributed by atoms with Crippen molar-refractivity contribution in [2.24, 2.45) is 5.92 Å². The zero-order chi connectivity index (χ0) is 13.2. The van der Waals surface area contributed by atoms with Gasteiger partial charge in [0.25, 0.3) is 0 Å². The maximum absolute atomic E-state index is 12.5. The van der Waals surface area contributed by atoms with Crippen LogP contribution in [0.3, 0.4) is 0 Å². The molecule has 1 aromatic rings. The first-order chi connectivity index (χ1) is 9.25. The monoisotopic (exact) mass is 314 g/mol. The molecule has 3 heterocycles. The Morgan fingerprint density at radius 2 is 2.20 bits per heavy atom. The summed E-state index contributed by atoms with van der Waals surface area (Å²) in [5, 5.41) is 5.52. The van der Waals surface area contributed by atoms with E-state index in [2.05, 4.69) is 28.6 Å². The molecule has 0 aliphatic carbocycles. The van der Waals surface area contributed by atoms with Crippen LogP contribution >= 0.6 is 23.7 Å². The number of hydrogen-bond acceptors (Lipinski definition) is 3. The number of halogens is 1. The second-order valence-electron chi connectivity index (χ2n) is 5.71. The van der Waals surface area contributed by atoms with Crippen LogP contribution in [-0.2, 0) is 11.2 Å². The fourth-order valence-electron chi connectivity index (χ4n) is 3.30. The molecule has 20 heavy (non-hydrogen) atoms. The van der Waals surface area contributed by atoms with Gasteiger partial charge in [-0.25, -0.2) is 0 Å². The molecule has 1 aromatic heterocycles. The summed E-state index contributed by atoms with van der Waals surface area (Å²) in [6, 6.07) is 2.46. The van der Waals surface area contributed by atoms with Gasteiger partial charge in [0.15, 0.2) is 0 Å². The lowest BCUT2D eigenvalue weighted by molar-refractivity contribution is -0.135. The molecule has 0 saturated carbocycles. The van der Waals surface area contributed by atoms with Crippen molar-refractivity contribution in [3.8, 4) is 0 Å².